The second-order valence-corrected chi connectivity index (χ2v) is 7.15. The first-order valence-corrected chi connectivity index (χ1v) is 9.11. The maximum absolute atomic E-state index is 12.6. The average molecular weight is 371 g/mol. The second kappa shape index (κ2) is 8.86. The molecule has 2 rings (SSSR count). The number of benzene rings is 1. The molecule has 1 heterocycles. The number of hydrogen-bond acceptors (Lipinski definition) is 3. The van der Waals surface area contributed by atoms with Gasteiger partial charge in [-0.15, -0.1) is 0 Å². The van der Waals surface area contributed by atoms with Crippen molar-refractivity contribution in [1.82, 2.24) is 9.80 Å². The normalized spacial score (nSPS) is 19.7. The van der Waals surface area contributed by atoms with Crippen molar-refractivity contribution in [3.05, 3.63) is 29.8 Å². The van der Waals surface area contributed by atoms with E-state index in [0.717, 1.165) is 51.2 Å². The van der Waals surface area contributed by atoms with Gasteiger partial charge in [0.25, 0.3) is 0 Å². The van der Waals surface area contributed by atoms with Crippen LogP contribution in [-0.2, 0) is 11.0 Å². The lowest BCUT2D eigenvalue weighted by atomic mass is 10.1. The fourth-order valence-electron chi connectivity index (χ4n) is 3.43. The molecule has 4 nitrogen and oxygen atoms in total. The molecule has 0 aliphatic carbocycles. The van der Waals surface area contributed by atoms with E-state index in [9.17, 15) is 18.0 Å². The second-order valence-electron chi connectivity index (χ2n) is 7.15. The Labute approximate surface area is 153 Å². The van der Waals surface area contributed by atoms with Crippen molar-refractivity contribution < 1.29 is 18.0 Å². The third-order valence-corrected chi connectivity index (χ3v) is 4.90. The number of hydrogen-bond donors (Lipinski definition) is 1. The number of nitrogens with one attached hydrogen (secondary N) is 1. The number of halogens is 3. The SMILES string of the molecule is CCCN(C)CC1CCN(C(C)C(=O)Nc2ccc(C(F)(F)F)cc2)C1. The molecule has 0 spiro atoms. The van der Waals surface area contributed by atoms with E-state index < -0.39 is 11.7 Å². The number of nitrogens with zero attached hydrogens (tertiary/aromatic N) is 2. The van der Waals surface area contributed by atoms with Crippen molar-refractivity contribution in [2.45, 2.75) is 38.9 Å². The summed E-state index contributed by atoms with van der Waals surface area (Å²) in [6, 6.07) is 4.24. The van der Waals surface area contributed by atoms with Crippen molar-refractivity contribution >= 4 is 11.6 Å². The van der Waals surface area contributed by atoms with Gasteiger partial charge in [-0.3, -0.25) is 9.69 Å². The molecule has 1 aromatic carbocycles. The molecule has 1 aliphatic rings. The van der Waals surface area contributed by atoms with E-state index in [4.69, 9.17) is 0 Å². The van der Waals surface area contributed by atoms with E-state index in [0.29, 0.717) is 11.6 Å². The summed E-state index contributed by atoms with van der Waals surface area (Å²) >= 11 is 0. The molecule has 1 aliphatic heterocycles. The lowest BCUT2D eigenvalue weighted by Crippen LogP contribution is -2.41. The summed E-state index contributed by atoms with van der Waals surface area (Å²) in [7, 11) is 2.12. The number of rotatable bonds is 7. The van der Waals surface area contributed by atoms with Gasteiger partial charge >= 0.3 is 6.18 Å². The molecule has 0 radical (unpaired) electrons. The van der Waals surface area contributed by atoms with E-state index >= 15 is 0 Å². The Hall–Kier alpha value is -1.60. The molecule has 1 aromatic rings. The summed E-state index contributed by atoms with van der Waals surface area (Å²) in [5, 5.41) is 2.71. The van der Waals surface area contributed by atoms with Crippen LogP contribution in [0.15, 0.2) is 24.3 Å². The molecule has 146 valence electrons. The number of carbonyl (C=O) groups excluding carboxylic acids is 1. The number of likely N-dealkylation sites (tertiary alicyclic amines) is 1. The molecule has 1 N–H and O–H groups in total. The number of amides is 1. The van der Waals surface area contributed by atoms with Crippen molar-refractivity contribution in [1.29, 1.82) is 0 Å². The van der Waals surface area contributed by atoms with Gasteiger partial charge in [0.15, 0.2) is 0 Å². The van der Waals surface area contributed by atoms with E-state index in [1.165, 1.54) is 12.1 Å². The van der Waals surface area contributed by atoms with E-state index in [1.807, 2.05) is 6.92 Å². The number of anilines is 1. The zero-order valence-corrected chi connectivity index (χ0v) is 15.6. The lowest BCUT2D eigenvalue weighted by molar-refractivity contribution is -0.137. The quantitative estimate of drug-likeness (QED) is 0.794. The van der Waals surface area contributed by atoms with Crippen LogP contribution in [0.3, 0.4) is 0 Å². The predicted molar refractivity (Wildman–Crippen MR) is 97.0 cm³/mol. The van der Waals surface area contributed by atoms with Crippen LogP contribution in [0.1, 0.15) is 32.3 Å². The van der Waals surface area contributed by atoms with Crippen LogP contribution < -0.4 is 5.32 Å². The first-order chi connectivity index (χ1) is 12.2. The van der Waals surface area contributed by atoms with Crippen LogP contribution in [-0.4, -0.2) is 55.0 Å². The van der Waals surface area contributed by atoms with Gasteiger partial charge in [0.2, 0.25) is 5.91 Å². The molecule has 1 amide bonds. The highest BCUT2D eigenvalue weighted by Gasteiger charge is 2.31. The largest absolute Gasteiger partial charge is 0.416 e. The molecule has 7 heteroatoms. The summed E-state index contributed by atoms with van der Waals surface area (Å²) in [4.78, 5) is 16.9. The van der Waals surface area contributed by atoms with Gasteiger partial charge in [-0.05, 0) is 70.1 Å². The summed E-state index contributed by atoms with van der Waals surface area (Å²) in [6.07, 6.45) is -2.18. The van der Waals surface area contributed by atoms with Gasteiger partial charge in [0.05, 0.1) is 11.6 Å². The van der Waals surface area contributed by atoms with Gasteiger partial charge in [-0.1, -0.05) is 6.92 Å². The monoisotopic (exact) mass is 371 g/mol. The zero-order chi connectivity index (χ0) is 19.3. The van der Waals surface area contributed by atoms with E-state index in [-0.39, 0.29) is 11.9 Å². The molecule has 0 saturated carbocycles. The van der Waals surface area contributed by atoms with Gasteiger partial charge in [-0.2, -0.15) is 13.2 Å². The Kier molecular flexibility index (Phi) is 7.06. The standard InChI is InChI=1S/C19H28F3N3O/c1-4-10-24(3)12-15-9-11-25(13-15)14(2)18(26)23-17-7-5-16(6-8-17)19(20,21)22/h5-8,14-15H,4,9-13H2,1-3H3,(H,23,26). The summed E-state index contributed by atoms with van der Waals surface area (Å²) in [6.45, 7) is 7.84. The molecule has 2 atom stereocenters. The van der Waals surface area contributed by atoms with Gasteiger partial charge in [-0.25, -0.2) is 0 Å². The van der Waals surface area contributed by atoms with Crippen molar-refractivity contribution in [2.24, 2.45) is 5.92 Å². The highest BCUT2D eigenvalue weighted by Crippen LogP contribution is 2.30. The Balaban J connectivity index is 1.86. The maximum atomic E-state index is 12.6. The third kappa shape index (κ3) is 5.71. The Bertz CT molecular complexity index is 589. The first-order valence-electron chi connectivity index (χ1n) is 9.11. The van der Waals surface area contributed by atoms with E-state index in [2.05, 4.69) is 29.1 Å². The molecular weight excluding hydrogens is 343 g/mol. The summed E-state index contributed by atoms with van der Waals surface area (Å²) in [5.41, 5.74) is -0.338. The Morgan fingerprint density at radius 2 is 2.00 bits per heavy atom. The fraction of sp³-hybridized carbons (Fsp3) is 0.632. The molecule has 1 saturated heterocycles. The van der Waals surface area contributed by atoms with Gasteiger partial charge < -0.3 is 10.2 Å². The minimum atomic E-state index is -4.37. The molecule has 1 fully saturated rings. The first kappa shape index (κ1) is 20.7. The highest BCUT2D eigenvalue weighted by molar-refractivity contribution is 5.94. The smallest absolute Gasteiger partial charge is 0.325 e. The number of alkyl halides is 3. The van der Waals surface area contributed by atoms with Gasteiger partial charge in [0, 0.05) is 18.8 Å². The Morgan fingerprint density at radius 1 is 1.35 bits per heavy atom. The van der Waals surface area contributed by atoms with E-state index in [1.54, 1.807) is 0 Å². The summed E-state index contributed by atoms with van der Waals surface area (Å²) < 4.78 is 37.8. The topological polar surface area (TPSA) is 35.6 Å². The van der Waals surface area contributed by atoms with Crippen LogP contribution in [0.5, 0.6) is 0 Å². The Morgan fingerprint density at radius 3 is 2.58 bits per heavy atom. The maximum Gasteiger partial charge on any atom is 0.416 e. The molecular formula is C19H28F3N3O. The zero-order valence-electron chi connectivity index (χ0n) is 15.6. The van der Waals surface area contributed by atoms with Crippen LogP contribution >= 0.6 is 0 Å². The number of carbonyl (C=O) groups is 1. The predicted octanol–water partition coefficient (Wildman–Crippen LogP) is 3.70. The minimum Gasteiger partial charge on any atom is -0.325 e. The lowest BCUT2D eigenvalue weighted by Gasteiger charge is -2.25. The van der Waals surface area contributed by atoms with Crippen LogP contribution in [0, 0.1) is 5.92 Å². The summed E-state index contributed by atoms with van der Waals surface area (Å²) in [5.74, 6) is 0.361. The van der Waals surface area contributed by atoms with Crippen molar-refractivity contribution in [3.63, 3.8) is 0 Å². The molecule has 2 unspecified atom stereocenters. The molecule has 26 heavy (non-hydrogen) atoms. The van der Waals surface area contributed by atoms with Crippen LogP contribution in [0.2, 0.25) is 0 Å². The van der Waals surface area contributed by atoms with Gasteiger partial charge in [0.1, 0.15) is 0 Å². The highest BCUT2D eigenvalue weighted by atomic mass is 19.4. The minimum absolute atomic E-state index is 0.188. The van der Waals surface area contributed by atoms with Crippen molar-refractivity contribution in [2.75, 3.05) is 38.5 Å². The van der Waals surface area contributed by atoms with Crippen molar-refractivity contribution in [3.8, 4) is 0 Å². The average Bonchev–Trinajstić information content (AvgIpc) is 3.02. The third-order valence-electron chi connectivity index (χ3n) is 4.90. The fourth-order valence-corrected chi connectivity index (χ4v) is 3.43. The molecule has 0 bridgehead atoms. The molecule has 0 aromatic heterocycles. The van der Waals surface area contributed by atoms with Crippen LogP contribution in [0.4, 0.5) is 18.9 Å². The van der Waals surface area contributed by atoms with Crippen LogP contribution in [0.25, 0.3) is 0 Å².